The summed E-state index contributed by atoms with van der Waals surface area (Å²) in [7, 11) is 0. The lowest BCUT2D eigenvalue weighted by atomic mass is 10.2. The molecule has 8 heteroatoms. The molecule has 4 heterocycles. The van der Waals surface area contributed by atoms with Gasteiger partial charge in [0.2, 0.25) is 5.82 Å². The normalized spacial score (nSPS) is 20.3. The molecule has 1 N–H and O–H groups in total. The molecule has 0 unspecified atom stereocenters. The molecule has 122 valence electrons. The number of hydrogen-bond acceptors (Lipinski definition) is 6. The molecule has 0 amide bonds. The first-order chi connectivity index (χ1) is 11.7. The van der Waals surface area contributed by atoms with Gasteiger partial charge in [-0.15, -0.1) is 0 Å². The van der Waals surface area contributed by atoms with Crippen molar-refractivity contribution in [2.24, 2.45) is 0 Å². The minimum atomic E-state index is -0.675. The highest BCUT2D eigenvalue weighted by atomic mass is 35.5. The van der Waals surface area contributed by atoms with Crippen LogP contribution in [0.25, 0.3) is 22.7 Å². The molecule has 0 spiro atoms. The Morgan fingerprint density at radius 2 is 2.25 bits per heavy atom. The van der Waals surface area contributed by atoms with Crippen LogP contribution in [0.1, 0.15) is 25.4 Å². The SMILES string of the molecule is CC#Cc1nc(Cl)c2nc(-c3ccco3)n([C@@H]3OCC[C@H]3O)c2n1. The predicted octanol–water partition coefficient (Wildman–Crippen LogP) is 2.39. The van der Waals surface area contributed by atoms with Gasteiger partial charge < -0.3 is 14.3 Å². The van der Waals surface area contributed by atoms with E-state index in [1.165, 1.54) is 0 Å². The minimum Gasteiger partial charge on any atom is -0.461 e. The average Bonchev–Trinajstić information content (AvgIpc) is 3.26. The highest BCUT2D eigenvalue weighted by Crippen LogP contribution is 2.34. The van der Waals surface area contributed by atoms with E-state index in [0.717, 1.165) is 0 Å². The second kappa shape index (κ2) is 5.91. The van der Waals surface area contributed by atoms with Crippen molar-refractivity contribution >= 4 is 22.8 Å². The van der Waals surface area contributed by atoms with Crippen LogP contribution in [0.4, 0.5) is 0 Å². The number of rotatable bonds is 2. The van der Waals surface area contributed by atoms with Crippen LogP contribution in [0, 0.1) is 11.8 Å². The standard InChI is InChI=1S/C16H13ClN4O3/c1-2-4-11-18-13(17)12-15(19-11)21(16-9(22)6-8-24-16)14(20-12)10-5-3-7-23-10/h3,5,7,9,16,22H,6,8H2,1H3/t9-,16-/m1/s1. The third-order valence-corrected chi connectivity index (χ3v) is 4.02. The molecule has 0 aromatic carbocycles. The van der Waals surface area contributed by atoms with Crippen molar-refractivity contribution in [3.63, 3.8) is 0 Å². The van der Waals surface area contributed by atoms with Crippen LogP contribution in [0.2, 0.25) is 5.15 Å². The largest absolute Gasteiger partial charge is 0.461 e. The van der Waals surface area contributed by atoms with Crippen molar-refractivity contribution in [2.45, 2.75) is 25.7 Å². The van der Waals surface area contributed by atoms with E-state index >= 15 is 0 Å². The number of ether oxygens (including phenoxy) is 1. The van der Waals surface area contributed by atoms with Crippen LogP contribution < -0.4 is 0 Å². The Morgan fingerprint density at radius 3 is 2.92 bits per heavy atom. The third kappa shape index (κ3) is 2.36. The minimum absolute atomic E-state index is 0.191. The summed E-state index contributed by atoms with van der Waals surface area (Å²) in [5.74, 6) is 6.82. The lowest BCUT2D eigenvalue weighted by Gasteiger charge is -2.18. The molecular formula is C16H13ClN4O3. The van der Waals surface area contributed by atoms with Gasteiger partial charge in [0.05, 0.1) is 12.9 Å². The van der Waals surface area contributed by atoms with Crippen LogP contribution in [0.5, 0.6) is 0 Å². The fourth-order valence-corrected chi connectivity index (χ4v) is 2.95. The Balaban J connectivity index is 2.03. The molecular weight excluding hydrogens is 332 g/mol. The van der Waals surface area contributed by atoms with E-state index in [4.69, 9.17) is 20.8 Å². The topological polar surface area (TPSA) is 86.2 Å². The molecule has 0 saturated carbocycles. The number of aliphatic hydroxyl groups is 1. The van der Waals surface area contributed by atoms with Gasteiger partial charge in [-0.05, 0) is 25.0 Å². The van der Waals surface area contributed by atoms with E-state index in [2.05, 4.69) is 26.8 Å². The smallest absolute Gasteiger partial charge is 0.208 e. The van der Waals surface area contributed by atoms with Gasteiger partial charge in [0.1, 0.15) is 11.6 Å². The lowest BCUT2D eigenvalue weighted by Crippen LogP contribution is -2.20. The number of hydrogen-bond donors (Lipinski definition) is 1. The van der Waals surface area contributed by atoms with Gasteiger partial charge in [0.25, 0.3) is 0 Å². The quantitative estimate of drug-likeness (QED) is 0.567. The van der Waals surface area contributed by atoms with Crippen molar-refractivity contribution in [2.75, 3.05) is 6.61 Å². The fourth-order valence-electron chi connectivity index (χ4n) is 2.74. The lowest BCUT2D eigenvalue weighted by molar-refractivity contribution is -0.00536. The Morgan fingerprint density at radius 1 is 1.38 bits per heavy atom. The molecule has 0 aliphatic carbocycles. The van der Waals surface area contributed by atoms with Crippen LogP contribution in [-0.4, -0.2) is 37.3 Å². The maximum absolute atomic E-state index is 10.3. The maximum Gasteiger partial charge on any atom is 0.208 e. The van der Waals surface area contributed by atoms with Crippen molar-refractivity contribution in [3.8, 4) is 23.4 Å². The molecule has 4 rings (SSSR count). The molecule has 1 saturated heterocycles. The molecule has 7 nitrogen and oxygen atoms in total. The summed E-state index contributed by atoms with van der Waals surface area (Å²) >= 11 is 6.26. The van der Waals surface area contributed by atoms with Crippen LogP contribution in [0.15, 0.2) is 22.8 Å². The summed E-state index contributed by atoms with van der Waals surface area (Å²) < 4.78 is 12.8. The molecule has 24 heavy (non-hydrogen) atoms. The average molecular weight is 345 g/mol. The van der Waals surface area contributed by atoms with Gasteiger partial charge in [-0.3, -0.25) is 4.57 Å². The molecule has 3 aromatic rings. The number of aliphatic hydroxyl groups excluding tert-OH is 1. The first-order valence-electron chi connectivity index (χ1n) is 7.41. The highest BCUT2D eigenvalue weighted by molar-refractivity contribution is 6.33. The molecule has 2 atom stereocenters. The van der Waals surface area contributed by atoms with Gasteiger partial charge in [0.15, 0.2) is 28.6 Å². The highest BCUT2D eigenvalue weighted by Gasteiger charge is 2.33. The van der Waals surface area contributed by atoms with Gasteiger partial charge in [-0.25, -0.2) is 15.0 Å². The third-order valence-electron chi connectivity index (χ3n) is 3.76. The number of nitrogens with zero attached hydrogens (tertiary/aromatic N) is 4. The molecule has 3 aromatic heterocycles. The molecule has 0 bridgehead atoms. The van der Waals surface area contributed by atoms with Gasteiger partial charge in [0, 0.05) is 6.42 Å². The van der Waals surface area contributed by atoms with E-state index in [0.29, 0.717) is 35.8 Å². The zero-order valence-electron chi connectivity index (χ0n) is 12.7. The summed E-state index contributed by atoms with van der Waals surface area (Å²) in [4.78, 5) is 13.1. The van der Waals surface area contributed by atoms with E-state index in [9.17, 15) is 5.11 Å². The van der Waals surface area contributed by atoms with E-state index in [-0.39, 0.29) is 11.0 Å². The first kappa shape index (κ1) is 15.1. The summed E-state index contributed by atoms with van der Waals surface area (Å²) in [6, 6.07) is 3.53. The maximum atomic E-state index is 10.3. The summed E-state index contributed by atoms with van der Waals surface area (Å²) in [5.41, 5.74) is 0.859. The predicted molar refractivity (Wildman–Crippen MR) is 86.2 cm³/mol. The van der Waals surface area contributed by atoms with E-state index in [1.54, 1.807) is 29.9 Å². The second-order valence-corrected chi connectivity index (χ2v) is 5.64. The van der Waals surface area contributed by atoms with Crippen LogP contribution in [0.3, 0.4) is 0 Å². The summed E-state index contributed by atoms with van der Waals surface area (Å²) in [5, 5.41) is 10.5. The Bertz CT molecular complexity index is 955. The number of imidazole rings is 1. The van der Waals surface area contributed by atoms with Crippen molar-refractivity contribution in [1.29, 1.82) is 0 Å². The number of halogens is 1. The molecule has 1 aliphatic heterocycles. The molecule has 1 aliphatic rings. The van der Waals surface area contributed by atoms with Gasteiger partial charge in [-0.1, -0.05) is 17.5 Å². The Labute approximate surface area is 142 Å². The monoisotopic (exact) mass is 344 g/mol. The van der Waals surface area contributed by atoms with Gasteiger partial charge >= 0.3 is 0 Å². The van der Waals surface area contributed by atoms with E-state index < -0.39 is 12.3 Å². The zero-order chi connectivity index (χ0) is 16.7. The van der Waals surface area contributed by atoms with Crippen molar-refractivity contribution in [1.82, 2.24) is 19.5 Å². The van der Waals surface area contributed by atoms with Crippen LogP contribution in [-0.2, 0) is 4.74 Å². The zero-order valence-corrected chi connectivity index (χ0v) is 13.5. The Kier molecular flexibility index (Phi) is 3.73. The fraction of sp³-hybridized carbons (Fsp3) is 0.312. The van der Waals surface area contributed by atoms with Crippen molar-refractivity contribution < 1.29 is 14.3 Å². The summed E-state index contributed by atoms with van der Waals surface area (Å²) in [6.45, 7) is 2.14. The van der Waals surface area contributed by atoms with E-state index in [1.807, 2.05) is 0 Å². The molecule has 1 fully saturated rings. The number of furan rings is 1. The first-order valence-corrected chi connectivity index (χ1v) is 7.78. The summed E-state index contributed by atoms with van der Waals surface area (Å²) in [6.07, 6.45) is 0.781. The Hall–Kier alpha value is -2.40. The van der Waals surface area contributed by atoms with Crippen molar-refractivity contribution in [3.05, 3.63) is 29.4 Å². The number of aromatic nitrogens is 4. The second-order valence-electron chi connectivity index (χ2n) is 5.29. The number of fused-ring (bicyclic) bond motifs is 1. The molecule has 0 radical (unpaired) electrons. The van der Waals surface area contributed by atoms with Crippen LogP contribution >= 0.6 is 11.6 Å². The van der Waals surface area contributed by atoms with Gasteiger partial charge in [-0.2, -0.15) is 0 Å².